The molecule has 200 valence electrons. The minimum Gasteiger partial charge on any atom is -0.363 e. The number of aromatic nitrogens is 2. The van der Waals surface area contributed by atoms with Gasteiger partial charge in [0.25, 0.3) is 15.9 Å². The van der Waals surface area contributed by atoms with Gasteiger partial charge in [-0.05, 0) is 62.4 Å². The van der Waals surface area contributed by atoms with Crippen LogP contribution in [0.4, 0.5) is 11.6 Å². The summed E-state index contributed by atoms with van der Waals surface area (Å²) in [6.07, 6.45) is 1.70. The van der Waals surface area contributed by atoms with Gasteiger partial charge in [-0.3, -0.25) is 4.79 Å². The number of fused-ring (bicyclic) bond motifs is 6. The second-order valence-electron chi connectivity index (χ2n) is 11.9. The quantitative estimate of drug-likeness (QED) is 0.451. The molecule has 1 saturated heterocycles. The molecule has 2 aliphatic rings. The highest BCUT2D eigenvalue weighted by molar-refractivity contribution is 7.90. The summed E-state index contributed by atoms with van der Waals surface area (Å²) in [5.74, 6) is 0.540. The zero-order valence-corrected chi connectivity index (χ0v) is 23.3. The zero-order valence-electron chi connectivity index (χ0n) is 22.5. The van der Waals surface area contributed by atoms with Crippen LogP contribution >= 0.6 is 0 Å². The van der Waals surface area contributed by atoms with Crippen LogP contribution in [0.5, 0.6) is 0 Å². The Labute approximate surface area is 224 Å². The Morgan fingerprint density at radius 1 is 0.974 bits per heavy atom. The SMILES string of the molecule is CC(C)(C)c1ccc2c(n1)N1C[C@@H](CC(c3ccccc3)Nc3cccc(n3)S(=O)(=O)NC2=O)CC1(C)C. The first-order valence-electron chi connectivity index (χ1n) is 13.0. The Balaban J connectivity index is 1.67. The van der Waals surface area contributed by atoms with Gasteiger partial charge in [-0.15, -0.1) is 0 Å². The summed E-state index contributed by atoms with van der Waals surface area (Å²) < 4.78 is 28.8. The van der Waals surface area contributed by atoms with Crippen LogP contribution in [-0.4, -0.2) is 36.4 Å². The molecule has 1 amide bonds. The monoisotopic (exact) mass is 533 g/mol. The average Bonchev–Trinajstić information content (AvgIpc) is 3.16. The lowest BCUT2D eigenvalue weighted by Crippen LogP contribution is -2.41. The molecule has 1 unspecified atom stereocenters. The number of hydrogen-bond donors (Lipinski definition) is 2. The molecule has 1 aromatic carbocycles. The molecule has 38 heavy (non-hydrogen) atoms. The number of carbonyl (C=O) groups is 1. The molecule has 0 aliphatic carbocycles. The van der Waals surface area contributed by atoms with Crippen molar-refractivity contribution in [1.82, 2.24) is 14.7 Å². The van der Waals surface area contributed by atoms with E-state index in [1.807, 2.05) is 24.3 Å². The van der Waals surface area contributed by atoms with Gasteiger partial charge in [0.15, 0.2) is 5.03 Å². The second-order valence-corrected chi connectivity index (χ2v) is 13.6. The van der Waals surface area contributed by atoms with E-state index in [-0.39, 0.29) is 27.6 Å². The van der Waals surface area contributed by atoms with Crippen molar-refractivity contribution < 1.29 is 13.2 Å². The number of rotatable bonds is 1. The fourth-order valence-corrected chi connectivity index (χ4v) is 6.45. The van der Waals surface area contributed by atoms with Gasteiger partial charge < -0.3 is 10.2 Å². The lowest BCUT2D eigenvalue weighted by Gasteiger charge is -2.34. The van der Waals surface area contributed by atoms with E-state index < -0.39 is 15.9 Å². The highest BCUT2D eigenvalue weighted by Gasteiger charge is 2.42. The number of carbonyl (C=O) groups excluding carboxylic acids is 1. The van der Waals surface area contributed by atoms with E-state index in [4.69, 9.17) is 4.98 Å². The standard InChI is InChI=1S/C29H35N5O3S/c1-28(2,3)23-15-14-21-26(31-23)34-18-19(17-29(34,4)5)16-22(20-10-7-6-8-11-20)30-24-12-9-13-25(32-24)38(36,37)33-27(21)35/h6-15,19,22H,16-18H2,1-5H3,(H,30,32)(H,33,35)/t19-,22?/m0/s1. The van der Waals surface area contributed by atoms with E-state index >= 15 is 0 Å². The van der Waals surface area contributed by atoms with Crippen LogP contribution < -0.4 is 14.9 Å². The number of hydrogen-bond acceptors (Lipinski definition) is 7. The van der Waals surface area contributed by atoms with Crippen molar-refractivity contribution >= 4 is 27.6 Å². The normalized spacial score (nSPS) is 22.6. The Morgan fingerprint density at radius 2 is 1.71 bits per heavy atom. The molecular formula is C29H35N5O3S. The molecule has 2 aromatic heterocycles. The maximum absolute atomic E-state index is 13.5. The third-order valence-corrected chi connectivity index (χ3v) is 8.65. The van der Waals surface area contributed by atoms with Gasteiger partial charge in [0.2, 0.25) is 0 Å². The Hall–Kier alpha value is -3.46. The topological polar surface area (TPSA) is 104 Å². The van der Waals surface area contributed by atoms with E-state index in [0.717, 1.165) is 24.1 Å². The molecular weight excluding hydrogens is 498 g/mol. The molecule has 5 rings (SSSR count). The summed E-state index contributed by atoms with van der Waals surface area (Å²) in [5.41, 5.74) is 1.64. The fraction of sp³-hybridized carbons (Fsp3) is 0.414. The number of benzene rings is 1. The van der Waals surface area contributed by atoms with Crippen molar-refractivity contribution in [2.45, 2.75) is 69.5 Å². The molecule has 0 saturated carbocycles. The first-order chi connectivity index (χ1) is 17.8. The van der Waals surface area contributed by atoms with Gasteiger partial charge in [0, 0.05) is 23.2 Å². The zero-order chi connectivity index (χ0) is 27.3. The van der Waals surface area contributed by atoms with Crippen molar-refractivity contribution in [2.24, 2.45) is 5.92 Å². The van der Waals surface area contributed by atoms with E-state index in [9.17, 15) is 13.2 Å². The highest BCUT2D eigenvalue weighted by Crippen LogP contribution is 2.42. The minimum absolute atomic E-state index is 0.0757. The van der Waals surface area contributed by atoms with Gasteiger partial charge in [-0.25, -0.2) is 14.7 Å². The summed E-state index contributed by atoms with van der Waals surface area (Å²) in [7, 11) is -4.22. The van der Waals surface area contributed by atoms with Crippen molar-refractivity contribution in [3.05, 3.63) is 77.5 Å². The summed E-state index contributed by atoms with van der Waals surface area (Å²) in [4.78, 5) is 25.0. The number of sulfonamides is 1. The Kier molecular flexibility index (Phi) is 6.46. The fourth-order valence-electron chi connectivity index (χ4n) is 5.52. The van der Waals surface area contributed by atoms with E-state index in [0.29, 0.717) is 24.1 Å². The van der Waals surface area contributed by atoms with Crippen LogP contribution in [-0.2, 0) is 15.4 Å². The van der Waals surface area contributed by atoms with Crippen LogP contribution in [0.25, 0.3) is 0 Å². The number of pyridine rings is 2. The molecule has 2 N–H and O–H groups in total. The van der Waals surface area contributed by atoms with Crippen LogP contribution in [0.2, 0.25) is 0 Å². The highest BCUT2D eigenvalue weighted by atomic mass is 32.2. The molecule has 0 radical (unpaired) electrons. The number of nitrogens with zero attached hydrogens (tertiary/aromatic N) is 3. The molecule has 3 aromatic rings. The van der Waals surface area contributed by atoms with Crippen molar-refractivity contribution in [1.29, 1.82) is 0 Å². The molecule has 4 heterocycles. The molecule has 4 bridgehead atoms. The Bertz CT molecular complexity index is 1470. The lowest BCUT2D eigenvalue weighted by atomic mass is 9.89. The number of nitrogens with one attached hydrogen (secondary N) is 2. The predicted octanol–water partition coefficient (Wildman–Crippen LogP) is 5.05. The van der Waals surface area contributed by atoms with Crippen LogP contribution in [0.3, 0.4) is 0 Å². The summed E-state index contributed by atoms with van der Waals surface area (Å²) >= 11 is 0. The van der Waals surface area contributed by atoms with Crippen molar-refractivity contribution in [2.75, 3.05) is 16.8 Å². The van der Waals surface area contributed by atoms with E-state index in [2.05, 4.69) is 66.7 Å². The molecule has 2 atom stereocenters. The lowest BCUT2D eigenvalue weighted by molar-refractivity contribution is 0.0981. The minimum atomic E-state index is -4.22. The second kappa shape index (κ2) is 9.38. The average molecular weight is 534 g/mol. The molecule has 2 aliphatic heterocycles. The molecule has 1 fully saturated rings. The van der Waals surface area contributed by atoms with Gasteiger partial charge in [0.05, 0.1) is 11.6 Å². The van der Waals surface area contributed by atoms with Gasteiger partial charge in [-0.1, -0.05) is 57.2 Å². The van der Waals surface area contributed by atoms with Crippen LogP contribution in [0.1, 0.15) is 75.1 Å². The van der Waals surface area contributed by atoms with Crippen molar-refractivity contribution in [3.8, 4) is 0 Å². The Morgan fingerprint density at radius 3 is 2.42 bits per heavy atom. The largest absolute Gasteiger partial charge is 0.363 e. The van der Waals surface area contributed by atoms with Gasteiger partial charge in [0.1, 0.15) is 11.6 Å². The first-order valence-corrected chi connectivity index (χ1v) is 14.5. The van der Waals surface area contributed by atoms with Crippen molar-refractivity contribution in [3.63, 3.8) is 0 Å². The van der Waals surface area contributed by atoms with Gasteiger partial charge >= 0.3 is 0 Å². The van der Waals surface area contributed by atoms with Gasteiger partial charge in [-0.2, -0.15) is 8.42 Å². The molecule has 8 nitrogen and oxygen atoms in total. The van der Waals surface area contributed by atoms with E-state index in [1.54, 1.807) is 18.2 Å². The smallest absolute Gasteiger partial charge is 0.281 e. The predicted molar refractivity (Wildman–Crippen MR) is 149 cm³/mol. The van der Waals surface area contributed by atoms with E-state index in [1.165, 1.54) is 6.07 Å². The molecule has 0 spiro atoms. The maximum atomic E-state index is 13.5. The summed E-state index contributed by atoms with van der Waals surface area (Å²) in [5, 5.41) is 3.26. The first kappa shape index (κ1) is 26.2. The number of anilines is 2. The van der Waals surface area contributed by atoms with Crippen LogP contribution in [0, 0.1) is 5.92 Å². The third kappa shape index (κ3) is 5.12. The molecule has 9 heteroatoms. The van der Waals surface area contributed by atoms with Crippen LogP contribution in [0.15, 0.2) is 65.7 Å². The maximum Gasteiger partial charge on any atom is 0.281 e. The third-order valence-electron chi connectivity index (χ3n) is 7.42. The summed E-state index contributed by atoms with van der Waals surface area (Å²) in [6, 6.07) is 18.3. The summed E-state index contributed by atoms with van der Waals surface area (Å²) in [6.45, 7) is 11.2. The number of amides is 1.